The molecule has 1 aromatic rings. The van der Waals surface area contributed by atoms with Gasteiger partial charge in [0.25, 0.3) is 0 Å². The third-order valence-electron chi connectivity index (χ3n) is 3.32. The van der Waals surface area contributed by atoms with Gasteiger partial charge in [0, 0.05) is 5.54 Å². The smallest absolute Gasteiger partial charge is 0.123 e. The number of hydrogen-bond acceptors (Lipinski definition) is 1. The van der Waals surface area contributed by atoms with E-state index in [9.17, 15) is 4.39 Å². The molecule has 102 valence electrons. The largest absolute Gasteiger partial charge is 0.312 e. The Morgan fingerprint density at radius 1 is 1.28 bits per heavy atom. The van der Waals surface area contributed by atoms with E-state index in [1.807, 2.05) is 6.07 Å². The highest BCUT2D eigenvalue weighted by Gasteiger charge is 2.14. The normalized spacial score (nSPS) is 13.7. The van der Waals surface area contributed by atoms with Crippen LogP contribution in [-0.2, 0) is 6.42 Å². The molecule has 2 heteroatoms. The van der Waals surface area contributed by atoms with Gasteiger partial charge >= 0.3 is 0 Å². The van der Waals surface area contributed by atoms with E-state index in [1.54, 1.807) is 6.07 Å². The standard InChI is InChI=1S/C16H26FN/c1-6-13(11-18-16(3,4)5)9-14-10-15(17)8-7-12(14)2/h7-8,10,13,18H,6,9,11H2,1-5H3. The summed E-state index contributed by atoms with van der Waals surface area (Å²) < 4.78 is 13.3. The summed E-state index contributed by atoms with van der Waals surface area (Å²) in [7, 11) is 0. The van der Waals surface area contributed by atoms with Crippen molar-refractivity contribution >= 4 is 0 Å². The van der Waals surface area contributed by atoms with Gasteiger partial charge < -0.3 is 5.32 Å². The van der Waals surface area contributed by atoms with Crippen LogP contribution in [0.2, 0.25) is 0 Å². The van der Waals surface area contributed by atoms with E-state index in [1.165, 1.54) is 11.6 Å². The molecule has 1 rings (SSSR count). The summed E-state index contributed by atoms with van der Waals surface area (Å²) >= 11 is 0. The minimum absolute atomic E-state index is 0.130. The lowest BCUT2D eigenvalue weighted by Gasteiger charge is -2.25. The van der Waals surface area contributed by atoms with Crippen molar-refractivity contribution in [3.05, 3.63) is 35.1 Å². The van der Waals surface area contributed by atoms with Crippen LogP contribution in [0, 0.1) is 18.7 Å². The first kappa shape index (κ1) is 15.2. The zero-order valence-corrected chi connectivity index (χ0v) is 12.3. The van der Waals surface area contributed by atoms with E-state index >= 15 is 0 Å². The molecular formula is C16H26FN. The van der Waals surface area contributed by atoms with Gasteiger partial charge in [0.05, 0.1) is 0 Å². The van der Waals surface area contributed by atoms with Crippen molar-refractivity contribution in [1.82, 2.24) is 5.32 Å². The van der Waals surface area contributed by atoms with Gasteiger partial charge in [-0.1, -0.05) is 19.4 Å². The Labute approximate surface area is 111 Å². The van der Waals surface area contributed by atoms with Gasteiger partial charge in [-0.25, -0.2) is 4.39 Å². The van der Waals surface area contributed by atoms with Gasteiger partial charge in [0.2, 0.25) is 0 Å². The molecule has 0 amide bonds. The lowest BCUT2D eigenvalue weighted by Crippen LogP contribution is -2.39. The topological polar surface area (TPSA) is 12.0 Å². The van der Waals surface area contributed by atoms with Gasteiger partial charge in [0.1, 0.15) is 5.82 Å². The molecule has 18 heavy (non-hydrogen) atoms. The quantitative estimate of drug-likeness (QED) is 0.831. The molecule has 1 unspecified atom stereocenters. The summed E-state index contributed by atoms with van der Waals surface area (Å²) in [6.45, 7) is 11.8. The summed E-state index contributed by atoms with van der Waals surface area (Å²) in [5.41, 5.74) is 2.47. The van der Waals surface area contributed by atoms with E-state index in [-0.39, 0.29) is 11.4 Å². The molecule has 0 heterocycles. The maximum atomic E-state index is 13.3. The Balaban J connectivity index is 2.65. The SMILES string of the molecule is CCC(CNC(C)(C)C)Cc1cc(F)ccc1C. The molecule has 0 spiro atoms. The highest BCUT2D eigenvalue weighted by Crippen LogP contribution is 2.17. The number of benzene rings is 1. The molecule has 0 aliphatic rings. The monoisotopic (exact) mass is 251 g/mol. The molecule has 1 N–H and O–H groups in total. The van der Waals surface area contributed by atoms with Crippen LogP contribution in [0.1, 0.15) is 45.2 Å². The predicted octanol–water partition coefficient (Wildman–Crippen LogP) is 4.09. The van der Waals surface area contributed by atoms with Crippen LogP contribution in [-0.4, -0.2) is 12.1 Å². The van der Waals surface area contributed by atoms with Crippen LogP contribution >= 0.6 is 0 Å². The molecule has 0 saturated carbocycles. The summed E-state index contributed by atoms with van der Waals surface area (Å²) in [5.74, 6) is 0.430. The molecule has 1 aromatic carbocycles. The molecule has 0 bridgehead atoms. The Kier molecular flexibility index (Phi) is 5.33. The maximum absolute atomic E-state index is 13.3. The Morgan fingerprint density at radius 2 is 1.94 bits per heavy atom. The van der Waals surface area contributed by atoms with Crippen molar-refractivity contribution in [2.75, 3.05) is 6.54 Å². The van der Waals surface area contributed by atoms with Crippen LogP contribution in [0.5, 0.6) is 0 Å². The minimum Gasteiger partial charge on any atom is -0.312 e. The van der Waals surface area contributed by atoms with E-state index in [4.69, 9.17) is 0 Å². The summed E-state index contributed by atoms with van der Waals surface area (Å²) in [4.78, 5) is 0. The first-order valence-electron chi connectivity index (χ1n) is 6.82. The third-order valence-corrected chi connectivity index (χ3v) is 3.32. The first-order chi connectivity index (χ1) is 8.31. The van der Waals surface area contributed by atoms with Gasteiger partial charge in [-0.05, 0) is 69.8 Å². The fraction of sp³-hybridized carbons (Fsp3) is 0.625. The van der Waals surface area contributed by atoms with Crippen molar-refractivity contribution in [2.24, 2.45) is 5.92 Å². The summed E-state index contributed by atoms with van der Waals surface area (Å²) in [5, 5.41) is 3.53. The zero-order chi connectivity index (χ0) is 13.8. The highest BCUT2D eigenvalue weighted by molar-refractivity contribution is 5.27. The maximum Gasteiger partial charge on any atom is 0.123 e. The first-order valence-corrected chi connectivity index (χ1v) is 6.82. The summed E-state index contributed by atoms with van der Waals surface area (Å²) in [6.07, 6.45) is 2.06. The van der Waals surface area contributed by atoms with E-state index < -0.39 is 0 Å². The van der Waals surface area contributed by atoms with Crippen molar-refractivity contribution in [3.8, 4) is 0 Å². The van der Waals surface area contributed by atoms with Crippen LogP contribution in [0.25, 0.3) is 0 Å². The predicted molar refractivity (Wildman–Crippen MR) is 76.4 cm³/mol. The molecule has 0 saturated heterocycles. The van der Waals surface area contributed by atoms with Gasteiger partial charge in [0.15, 0.2) is 0 Å². The average Bonchev–Trinajstić information content (AvgIpc) is 2.27. The number of aryl methyl sites for hydroxylation is 1. The van der Waals surface area contributed by atoms with Crippen molar-refractivity contribution in [3.63, 3.8) is 0 Å². The number of rotatable bonds is 5. The van der Waals surface area contributed by atoms with Crippen molar-refractivity contribution in [1.29, 1.82) is 0 Å². The minimum atomic E-state index is -0.130. The Morgan fingerprint density at radius 3 is 2.50 bits per heavy atom. The van der Waals surface area contributed by atoms with Gasteiger partial charge in [-0.15, -0.1) is 0 Å². The molecule has 0 aliphatic carbocycles. The average molecular weight is 251 g/mol. The second kappa shape index (κ2) is 6.33. The molecule has 0 radical (unpaired) electrons. The molecule has 0 fully saturated rings. The lowest BCUT2D eigenvalue weighted by molar-refractivity contribution is 0.362. The van der Waals surface area contributed by atoms with E-state index in [2.05, 4.69) is 39.9 Å². The van der Waals surface area contributed by atoms with Crippen LogP contribution in [0.4, 0.5) is 4.39 Å². The van der Waals surface area contributed by atoms with Crippen molar-refractivity contribution in [2.45, 2.75) is 53.0 Å². The Bertz CT molecular complexity index is 379. The number of nitrogens with one attached hydrogen (secondary N) is 1. The third kappa shape index (κ3) is 5.18. The van der Waals surface area contributed by atoms with Crippen molar-refractivity contribution < 1.29 is 4.39 Å². The lowest BCUT2D eigenvalue weighted by atomic mass is 9.93. The van der Waals surface area contributed by atoms with Crippen LogP contribution in [0.3, 0.4) is 0 Å². The zero-order valence-electron chi connectivity index (χ0n) is 12.3. The number of hydrogen-bond donors (Lipinski definition) is 1. The Hall–Kier alpha value is -0.890. The molecular weight excluding hydrogens is 225 g/mol. The second-order valence-electron chi connectivity index (χ2n) is 6.18. The second-order valence-corrected chi connectivity index (χ2v) is 6.18. The van der Waals surface area contributed by atoms with E-state index in [0.717, 1.165) is 24.9 Å². The fourth-order valence-corrected chi connectivity index (χ4v) is 1.98. The van der Waals surface area contributed by atoms with E-state index in [0.29, 0.717) is 5.92 Å². The van der Waals surface area contributed by atoms with Gasteiger partial charge in [-0.2, -0.15) is 0 Å². The highest BCUT2D eigenvalue weighted by atomic mass is 19.1. The van der Waals surface area contributed by atoms with Crippen LogP contribution in [0.15, 0.2) is 18.2 Å². The van der Waals surface area contributed by atoms with Crippen LogP contribution < -0.4 is 5.32 Å². The fourth-order valence-electron chi connectivity index (χ4n) is 1.98. The number of halogens is 1. The molecule has 1 nitrogen and oxygen atoms in total. The molecule has 0 aliphatic heterocycles. The van der Waals surface area contributed by atoms with Gasteiger partial charge in [-0.3, -0.25) is 0 Å². The molecule has 0 aromatic heterocycles. The molecule has 1 atom stereocenters. The summed E-state index contributed by atoms with van der Waals surface area (Å²) in [6, 6.07) is 5.08.